The summed E-state index contributed by atoms with van der Waals surface area (Å²) >= 11 is 0. The van der Waals surface area contributed by atoms with E-state index in [1.165, 1.54) is 20.1 Å². The number of ketones is 1. The molecule has 15 heteroatoms. The van der Waals surface area contributed by atoms with Gasteiger partial charge in [-0.05, 0) is 60.8 Å². The third kappa shape index (κ3) is 9.39. The Morgan fingerprint density at radius 1 is 0.893 bits per heavy atom. The van der Waals surface area contributed by atoms with Gasteiger partial charge in [0.05, 0.1) is 67.4 Å². The zero-order valence-corrected chi connectivity index (χ0v) is 34.0. The highest BCUT2D eigenvalue weighted by atomic mass is 16.7. The zero-order valence-electron chi connectivity index (χ0n) is 34.0. The van der Waals surface area contributed by atoms with Crippen LogP contribution in [-0.4, -0.2) is 112 Å². The lowest BCUT2D eigenvalue weighted by Crippen LogP contribution is -2.62. The van der Waals surface area contributed by atoms with Crippen LogP contribution in [0, 0.1) is 22.2 Å². The van der Waals surface area contributed by atoms with E-state index in [-0.39, 0.29) is 51.4 Å². The van der Waals surface area contributed by atoms with Crippen molar-refractivity contribution in [1.82, 2.24) is 0 Å². The van der Waals surface area contributed by atoms with Crippen LogP contribution in [0.1, 0.15) is 113 Å². The molecule has 0 radical (unpaired) electrons. The number of hydrogen-bond acceptors (Lipinski definition) is 15. The van der Waals surface area contributed by atoms with Gasteiger partial charge in [-0.1, -0.05) is 31.6 Å². The summed E-state index contributed by atoms with van der Waals surface area (Å²) in [4.78, 5) is 65.6. The minimum absolute atomic E-state index is 0.0259. The molecule has 0 aliphatic carbocycles. The van der Waals surface area contributed by atoms with Crippen LogP contribution in [-0.2, 0) is 57.1 Å². The standard InChI is InChI=1S/C41H60O15/c1-22-30(43)19-27-15-24-16-34(46)56-41(24,55-27)35(47)38(5,6)11-10-26-12-23(14-32(44)50-9)13-29(52-26)21-40(49)39(7,8)31(53-36(48)37(2,3)4)20-28(54-40)17-25(42)18-33(45)51-22/h10-11,14,22,24-31,42-43,49H,12-13,15-21H2,1-9H3/b11-10-,23-14+/t22-,24+,25+,26-,27-,28+,29-,30+,31-,40-,41-/m0/s1. The first-order valence-electron chi connectivity index (χ1n) is 19.6. The molecular weight excluding hydrogens is 732 g/mol. The number of aliphatic hydroxyl groups is 3. The van der Waals surface area contributed by atoms with Gasteiger partial charge in [0.25, 0.3) is 5.79 Å². The van der Waals surface area contributed by atoms with Crippen LogP contribution in [0.4, 0.5) is 0 Å². The van der Waals surface area contributed by atoms with Crippen molar-refractivity contribution in [3.8, 4) is 0 Å². The summed E-state index contributed by atoms with van der Waals surface area (Å²) in [7, 11) is 1.26. The van der Waals surface area contributed by atoms with E-state index < -0.39 is 119 Å². The van der Waals surface area contributed by atoms with Crippen molar-refractivity contribution in [3.63, 3.8) is 0 Å². The summed E-state index contributed by atoms with van der Waals surface area (Å²) in [6.45, 7) is 13.4. The van der Waals surface area contributed by atoms with Gasteiger partial charge in [-0.2, -0.15) is 0 Å². The van der Waals surface area contributed by atoms with Crippen molar-refractivity contribution in [1.29, 1.82) is 0 Å². The molecule has 4 saturated heterocycles. The van der Waals surface area contributed by atoms with Crippen LogP contribution in [0.25, 0.3) is 0 Å². The Balaban J connectivity index is 1.53. The molecule has 0 amide bonds. The lowest BCUT2D eigenvalue weighted by atomic mass is 9.70. The number of carbonyl (C=O) groups is 5. The van der Waals surface area contributed by atoms with Gasteiger partial charge >= 0.3 is 23.9 Å². The molecule has 0 saturated carbocycles. The van der Waals surface area contributed by atoms with Crippen LogP contribution >= 0.6 is 0 Å². The third-order valence-electron chi connectivity index (χ3n) is 11.9. The van der Waals surface area contributed by atoms with E-state index in [1.54, 1.807) is 60.6 Å². The molecule has 0 unspecified atom stereocenters. The van der Waals surface area contributed by atoms with Crippen LogP contribution in [0.3, 0.4) is 0 Å². The molecule has 1 spiro atoms. The van der Waals surface area contributed by atoms with Crippen molar-refractivity contribution in [3.05, 3.63) is 23.8 Å². The fourth-order valence-electron chi connectivity index (χ4n) is 8.36. The van der Waals surface area contributed by atoms with E-state index in [2.05, 4.69) is 0 Å². The molecular formula is C41H60O15. The summed E-state index contributed by atoms with van der Waals surface area (Å²) in [6.07, 6.45) is -2.77. The highest BCUT2D eigenvalue weighted by Gasteiger charge is 2.64. The van der Waals surface area contributed by atoms with E-state index in [0.717, 1.165) is 0 Å². The Labute approximate surface area is 328 Å². The Hall–Kier alpha value is -3.21. The summed E-state index contributed by atoms with van der Waals surface area (Å²) < 4.78 is 41.2. The molecule has 6 bridgehead atoms. The molecule has 15 nitrogen and oxygen atoms in total. The number of rotatable bonds is 2. The lowest BCUT2D eigenvalue weighted by Gasteiger charge is -2.54. The van der Waals surface area contributed by atoms with E-state index in [4.69, 9.17) is 33.2 Å². The molecule has 11 atom stereocenters. The van der Waals surface area contributed by atoms with Gasteiger partial charge < -0.3 is 48.5 Å². The van der Waals surface area contributed by atoms with Gasteiger partial charge in [-0.15, -0.1) is 0 Å². The van der Waals surface area contributed by atoms with E-state index in [0.29, 0.717) is 5.57 Å². The molecule has 3 N–H and O–H groups in total. The second-order valence-corrected chi connectivity index (χ2v) is 18.4. The summed E-state index contributed by atoms with van der Waals surface area (Å²) in [5.74, 6) is -7.48. The fraction of sp³-hybridized carbons (Fsp3) is 0.780. The number of esters is 4. The molecule has 5 heterocycles. The molecule has 0 aromatic heterocycles. The number of aliphatic hydroxyl groups excluding tert-OH is 2. The number of methoxy groups -OCH3 is 1. The molecule has 0 aromatic carbocycles. The quantitative estimate of drug-likeness (QED) is 0.158. The number of fused-ring (bicyclic) bond motifs is 5. The average molecular weight is 793 g/mol. The smallest absolute Gasteiger partial charge is 0.330 e. The van der Waals surface area contributed by atoms with Gasteiger partial charge in [-0.25, -0.2) is 4.79 Å². The Morgan fingerprint density at radius 2 is 1.57 bits per heavy atom. The number of Topliss-reactive ketones (excluding diaryl/α,β-unsaturated/α-hetero) is 1. The second-order valence-electron chi connectivity index (χ2n) is 18.4. The second kappa shape index (κ2) is 16.2. The highest BCUT2D eigenvalue weighted by Crippen LogP contribution is 2.51. The minimum Gasteiger partial charge on any atom is -0.466 e. The SMILES string of the molecule is COC(=O)/C=C1/C[C@H]2C[C@]3(O)O[C@H](C[C@@H](O)CC(=O)O[C@@H](C)[C@H](O)C[C@@H]4C[C@@H]5CC(=O)O[C@]5(O4)C(=O)C(C)(C)/C=C\[C@@H](C1)O2)C[C@H](OC(=O)C(C)(C)C)C3(C)C. The lowest BCUT2D eigenvalue weighted by molar-refractivity contribution is -0.349. The van der Waals surface area contributed by atoms with Gasteiger partial charge in [-0.3, -0.25) is 19.2 Å². The van der Waals surface area contributed by atoms with E-state index >= 15 is 0 Å². The molecule has 4 fully saturated rings. The number of hydrogen-bond donors (Lipinski definition) is 3. The van der Waals surface area contributed by atoms with Gasteiger partial charge in [0.1, 0.15) is 12.2 Å². The van der Waals surface area contributed by atoms with Crippen LogP contribution < -0.4 is 0 Å². The predicted octanol–water partition coefficient (Wildman–Crippen LogP) is 3.52. The number of carbonyl (C=O) groups excluding carboxylic acids is 5. The van der Waals surface area contributed by atoms with Crippen molar-refractivity contribution >= 4 is 29.7 Å². The fourth-order valence-corrected chi connectivity index (χ4v) is 8.36. The maximum absolute atomic E-state index is 14.4. The number of allylic oxidation sites excluding steroid dienone is 1. The maximum Gasteiger partial charge on any atom is 0.330 e. The average Bonchev–Trinajstić information content (AvgIpc) is 3.56. The first-order valence-corrected chi connectivity index (χ1v) is 19.6. The number of cyclic esters (lactones) is 1. The van der Waals surface area contributed by atoms with Gasteiger partial charge in [0.2, 0.25) is 5.78 Å². The van der Waals surface area contributed by atoms with Gasteiger partial charge in [0, 0.05) is 43.1 Å². The Kier molecular flexibility index (Phi) is 12.7. The molecule has 5 rings (SSSR count). The molecule has 5 aliphatic rings. The van der Waals surface area contributed by atoms with Crippen molar-refractivity contribution in [2.24, 2.45) is 22.2 Å². The largest absolute Gasteiger partial charge is 0.466 e. The monoisotopic (exact) mass is 792 g/mol. The normalized spacial score (nSPS) is 40.6. The van der Waals surface area contributed by atoms with Crippen LogP contribution in [0.2, 0.25) is 0 Å². The first kappa shape index (κ1) is 43.9. The summed E-state index contributed by atoms with van der Waals surface area (Å²) in [5.41, 5.74) is -2.71. The topological polar surface area (TPSA) is 211 Å². The minimum atomic E-state index is -2.02. The van der Waals surface area contributed by atoms with Gasteiger partial charge in [0.15, 0.2) is 5.79 Å². The molecule has 56 heavy (non-hydrogen) atoms. The van der Waals surface area contributed by atoms with Crippen molar-refractivity contribution in [2.45, 2.75) is 174 Å². The number of ether oxygens (including phenoxy) is 7. The zero-order chi connectivity index (χ0) is 41.6. The van der Waals surface area contributed by atoms with E-state index in [9.17, 15) is 39.3 Å². The van der Waals surface area contributed by atoms with E-state index in [1.807, 2.05) is 0 Å². The highest BCUT2D eigenvalue weighted by molar-refractivity contribution is 5.96. The molecule has 0 aromatic rings. The molecule has 314 valence electrons. The Morgan fingerprint density at radius 3 is 2.23 bits per heavy atom. The first-order chi connectivity index (χ1) is 25.9. The third-order valence-corrected chi connectivity index (χ3v) is 11.9. The summed E-state index contributed by atoms with van der Waals surface area (Å²) in [6, 6.07) is 0. The Bertz CT molecular complexity index is 1590. The van der Waals surface area contributed by atoms with Crippen molar-refractivity contribution < 1.29 is 72.5 Å². The van der Waals surface area contributed by atoms with Crippen LogP contribution in [0.5, 0.6) is 0 Å². The summed E-state index contributed by atoms with van der Waals surface area (Å²) in [5, 5.41) is 34.7. The van der Waals surface area contributed by atoms with Crippen molar-refractivity contribution in [2.75, 3.05) is 7.11 Å². The predicted molar refractivity (Wildman–Crippen MR) is 196 cm³/mol. The van der Waals surface area contributed by atoms with Crippen LogP contribution in [0.15, 0.2) is 23.8 Å². The maximum atomic E-state index is 14.4. The molecule has 5 aliphatic heterocycles.